The van der Waals surface area contributed by atoms with Crippen LogP contribution in [0.5, 0.6) is 0 Å². The Morgan fingerprint density at radius 1 is 1.25 bits per heavy atom. The molecule has 0 fully saturated rings. The van der Waals surface area contributed by atoms with E-state index in [1.165, 1.54) is 0 Å². The summed E-state index contributed by atoms with van der Waals surface area (Å²) in [6.45, 7) is 6.82. The van der Waals surface area contributed by atoms with Gasteiger partial charge in [0.15, 0.2) is 0 Å². The van der Waals surface area contributed by atoms with Gasteiger partial charge in [-0.05, 0) is 44.9 Å². The fraction of sp³-hybridized carbons (Fsp3) is 0.562. The second kappa shape index (κ2) is 8.02. The van der Waals surface area contributed by atoms with Crippen molar-refractivity contribution < 1.29 is 14.6 Å². The van der Waals surface area contributed by atoms with Crippen molar-refractivity contribution in [3.05, 3.63) is 35.4 Å². The van der Waals surface area contributed by atoms with Gasteiger partial charge >= 0.3 is 0 Å². The molecule has 1 atom stereocenters. The van der Waals surface area contributed by atoms with E-state index in [1.54, 1.807) is 18.9 Å². The zero-order valence-electron chi connectivity index (χ0n) is 12.8. The second-order valence-electron chi connectivity index (χ2n) is 5.42. The summed E-state index contributed by atoms with van der Waals surface area (Å²) in [6.07, 6.45) is 0.395. The van der Waals surface area contributed by atoms with Gasteiger partial charge in [0.05, 0.1) is 18.8 Å². The molecule has 0 heterocycles. The van der Waals surface area contributed by atoms with Crippen LogP contribution in [-0.2, 0) is 11.3 Å². The van der Waals surface area contributed by atoms with Gasteiger partial charge in [-0.15, -0.1) is 0 Å². The van der Waals surface area contributed by atoms with Crippen LogP contribution in [0.25, 0.3) is 0 Å². The maximum atomic E-state index is 12.1. The molecule has 112 valence electrons. The van der Waals surface area contributed by atoms with E-state index in [2.05, 4.69) is 0 Å². The summed E-state index contributed by atoms with van der Waals surface area (Å²) in [5.74, 6) is -0.0259. The third kappa shape index (κ3) is 5.72. The number of aliphatic hydroxyl groups is 1. The average molecular weight is 279 g/mol. The Hall–Kier alpha value is -1.39. The Balaban J connectivity index is 2.56. The fourth-order valence-corrected chi connectivity index (χ4v) is 1.71. The molecule has 0 saturated heterocycles. The van der Waals surface area contributed by atoms with Crippen LogP contribution < -0.4 is 0 Å². The van der Waals surface area contributed by atoms with Gasteiger partial charge in [0.2, 0.25) is 0 Å². The Labute approximate surface area is 121 Å². The van der Waals surface area contributed by atoms with Gasteiger partial charge < -0.3 is 14.7 Å². The quantitative estimate of drug-likeness (QED) is 0.834. The molecule has 0 saturated carbocycles. The van der Waals surface area contributed by atoms with Crippen LogP contribution in [0.2, 0.25) is 0 Å². The summed E-state index contributed by atoms with van der Waals surface area (Å²) < 4.78 is 5.52. The molecule has 0 spiro atoms. The standard InChI is InChI=1S/C16H25NO3/c1-12(2)20-11-14-5-7-15(8-6-14)16(19)17(4)10-9-13(3)18/h5-8,12-13,18H,9-11H2,1-4H3. The summed E-state index contributed by atoms with van der Waals surface area (Å²) in [6, 6.07) is 7.47. The van der Waals surface area contributed by atoms with Crippen LogP contribution in [0.1, 0.15) is 43.1 Å². The molecule has 0 aromatic heterocycles. The van der Waals surface area contributed by atoms with Crippen LogP contribution in [0.3, 0.4) is 0 Å². The molecule has 0 aliphatic carbocycles. The summed E-state index contributed by atoms with van der Waals surface area (Å²) in [5.41, 5.74) is 1.72. The van der Waals surface area contributed by atoms with Crippen molar-refractivity contribution in [3.8, 4) is 0 Å². The second-order valence-corrected chi connectivity index (χ2v) is 5.42. The van der Waals surface area contributed by atoms with E-state index >= 15 is 0 Å². The molecular formula is C16H25NO3. The van der Waals surface area contributed by atoms with Gasteiger partial charge in [0, 0.05) is 19.2 Å². The van der Waals surface area contributed by atoms with Crippen LogP contribution >= 0.6 is 0 Å². The number of hydrogen-bond acceptors (Lipinski definition) is 3. The van der Waals surface area contributed by atoms with Crippen LogP contribution in [-0.4, -0.2) is 41.7 Å². The van der Waals surface area contributed by atoms with E-state index in [9.17, 15) is 9.90 Å². The molecule has 0 radical (unpaired) electrons. The molecule has 0 bridgehead atoms. The molecule has 4 nitrogen and oxygen atoms in total. The van der Waals surface area contributed by atoms with Crippen molar-refractivity contribution in [1.29, 1.82) is 0 Å². The summed E-state index contributed by atoms with van der Waals surface area (Å²) in [7, 11) is 1.75. The lowest BCUT2D eigenvalue weighted by molar-refractivity contribution is 0.0656. The van der Waals surface area contributed by atoms with Crippen molar-refractivity contribution in [2.24, 2.45) is 0 Å². The number of benzene rings is 1. The molecule has 1 aromatic rings. The number of aliphatic hydroxyl groups excluding tert-OH is 1. The number of ether oxygens (including phenoxy) is 1. The predicted octanol–water partition coefficient (Wildman–Crippen LogP) is 2.45. The molecule has 1 N–H and O–H groups in total. The molecule has 1 amide bonds. The van der Waals surface area contributed by atoms with Gasteiger partial charge in [0.25, 0.3) is 5.91 Å². The van der Waals surface area contributed by atoms with Crippen molar-refractivity contribution in [3.63, 3.8) is 0 Å². The third-order valence-corrected chi connectivity index (χ3v) is 3.01. The van der Waals surface area contributed by atoms with E-state index < -0.39 is 0 Å². The SMILES string of the molecule is CC(O)CCN(C)C(=O)c1ccc(COC(C)C)cc1. The van der Waals surface area contributed by atoms with Crippen molar-refractivity contribution in [2.75, 3.05) is 13.6 Å². The van der Waals surface area contributed by atoms with Crippen LogP contribution in [0.4, 0.5) is 0 Å². The van der Waals surface area contributed by atoms with E-state index in [4.69, 9.17) is 4.74 Å². The molecule has 1 rings (SSSR count). The van der Waals surface area contributed by atoms with E-state index in [0.29, 0.717) is 25.1 Å². The van der Waals surface area contributed by atoms with Gasteiger partial charge in [-0.2, -0.15) is 0 Å². The molecule has 0 aliphatic heterocycles. The normalized spacial score (nSPS) is 12.5. The maximum Gasteiger partial charge on any atom is 0.253 e. The van der Waals surface area contributed by atoms with Gasteiger partial charge in [-0.1, -0.05) is 12.1 Å². The number of carbonyl (C=O) groups excluding carboxylic acids is 1. The van der Waals surface area contributed by atoms with Gasteiger partial charge in [-0.3, -0.25) is 4.79 Å². The first-order valence-corrected chi connectivity index (χ1v) is 7.04. The number of amides is 1. The predicted molar refractivity (Wildman–Crippen MR) is 79.6 cm³/mol. The summed E-state index contributed by atoms with van der Waals surface area (Å²) in [5, 5.41) is 9.24. The highest BCUT2D eigenvalue weighted by atomic mass is 16.5. The Morgan fingerprint density at radius 3 is 2.35 bits per heavy atom. The molecule has 0 aliphatic rings. The first kappa shape index (κ1) is 16.7. The zero-order chi connectivity index (χ0) is 15.1. The number of carbonyl (C=O) groups is 1. The fourth-order valence-electron chi connectivity index (χ4n) is 1.71. The van der Waals surface area contributed by atoms with Crippen molar-refractivity contribution in [2.45, 2.75) is 46.0 Å². The lowest BCUT2D eigenvalue weighted by Gasteiger charge is -2.18. The lowest BCUT2D eigenvalue weighted by Crippen LogP contribution is -2.29. The Kier molecular flexibility index (Phi) is 6.68. The van der Waals surface area contributed by atoms with Gasteiger partial charge in [-0.25, -0.2) is 0 Å². The Morgan fingerprint density at radius 2 is 1.85 bits per heavy atom. The molecule has 4 heteroatoms. The topological polar surface area (TPSA) is 49.8 Å². The van der Waals surface area contributed by atoms with Crippen LogP contribution in [0, 0.1) is 0 Å². The zero-order valence-corrected chi connectivity index (χ0v) is 12.8. The van der Waals surface area contributed by atoms with Crippen molar-refractivity contribution >= 4 is 5.91 Å². The van der Waals surface area contributed by atoms with E-state index in [0.717, 1.165) is 5.56 Å². The smallest absolute Gasteiger partial charge is 0.253 e. The Bertz CT molecular complexity index is 412. The average Bonchev–Trinajstić information content (AvgIpc) is 2.42. The molecule has 20 heavy (non-hydrogen) atoms. The van der Waals surface area contributed by atoms with Crippen molar-refractivity contribution in [1.82, 2.24) is 4.90 Å². The summed E-state index contributed by atoms with van der Waals surface area (Å²) >= 11 is 0. The van der Waals surface area contributed by atoms with Crippen LogP contribution in [0.15, 0.2) is 24.3 Å². The highest BCUT2D eigenvalue weighted by Crippen LogP contribution is 2.09. The first-order valence-electron chi connectivity index (χ1n) is 7.04. The number of hydrogen-bond donors (Lipinski definition) is 1. The highest BCUT2D eigenvalue weighted by Gasteiger charge is 2.12. The summed E-state index contributed by atoms with van der Waals surface area (Å²) in [4.78, 5) is 13.8. The number of nitrogens with zero attached hydrogens (tertiary/aromatic N) is 1. The minimum Gasteiger partial charge on any atom is -0.393 e. The number of rotatable bonds is 7. The third-order valence-electron chi connectivity index (χ3n) is 3.01. The first-order chi connectivity index (χ1) is 9.40. The molecule has 1 aromatic carbocycles. The van der Waals surface area contributed by atoms with E-state index in [1.807, 2.05) is 38.1 Å². The van der Waals surface area contributed by atoms with E-state index in [-0.39, 0.29) is 18.1 Å². The molecule has 1 unspecified atom stereocenters. The largest absolute Gasteiger partial charge is 0.393 e. The lowest BCUT2D eigenvalue weighted by atomic mass is 10.1. The highest BCUT2D eigenvalue weighted by molar-refractivity contribution is 5.94. The monoisotopic (exact) mass is 279 g/mol. The minimum atomic E-state index is -0.388. The molecular weight excluding hydrogens is 254 g/mol. The minimum absolute atomic E-state index is 0.0259. The maximum absolute atomic E-state index is 12.1. The van der Waals surface area contributed by atoms with Gasteiger partial charge in [0.1, 0.15) is 0 Å².